The molecule has 0 aliphatic heterocycles. The van der Waals surface area contributed by atoms with Crippen molar-refractivity contribution in [3.05, 3.63) is 23.2 Å². The van der Waals surface area contributed by atoms with E-state index in [0.717, 1.165) is 12.8 Å². The third kappa shape index (κ3) is 2.44. The number of anilines is 1. The van der Waals surface area contributed by atoms with Crippen molar-refractivity contribution in [3.63, 3.8) is 0 Å². The molecule has 1 aromatic rings. The van der Waals surface area contributed by atoms with Crippen LogP contribution in [-0.4, -0.2) is 26.1 Å². The van der Waals surface area contributed by atoms with Crippen LogP contribution in [0, 0.1) is 5.92 Å². The molecule has 2 N–H and O–H groups in total. The highest BCUT2D eigenvalue weighted by Gasteiger charge is 2.34. The molecule has 5 heteroatoms. The number of nitrogens with zero attached hydrogens (tertiary/aromatic N) is 1. The number of carbonyl (C=O) groups excluding carboxylic acids is 1. The molecule has 1 saturated carbocycles. The molecule has 98 valence electrons. The smallest absolute Gasteiger partial charge is 0.229 e. The summed E-state index contributed by atoms with van der Waals surface area (Å²) >= 11 is 6.14. The summed E-state index contributed by atoms with van der Waals surface area (Å²) in [4.78, 5) is 13.8. The number of nitrogens with two attached hydrogens (primary N) is 1. The first-order chi connectivity index (χ1) is 8.52. The number of rotatable bonds is 3. The van der Waals surface area contributed by atoms with Crippen molar-refractivity contribution in [2.45, 2.75) is 18.9 Å². The largest absolute Gasteiger partial charge is 0.497 e. The molecule has 1 aliphatic carbocycles. The average molecular weight is 269 g/mol. The van der Waals surface area contributed by atoms with Gasteiger partial charge in [-0.25, -0.2) is 0 Å². The van der Waals surface area contributed by atoms with Gasteiger partial charge < -0.3 is 15.4 Å². The third-order valence-corrected chi connectivity index (χ3v) is 3.67. The van der Waals surface area contributed by atoms with Crippen LogP contribution >= 0.6 is 11.6 Å². The SMILES string of the molecule is COc1ccc(N(C)C(=O)C2CC(N)C2)c(Cl)c1. The second-order valence-corrected chi connectivity index (χ2v) is 5.05. The first kappa shape index (κ1) is 13.2. The normalized spacial score (nSPS) is 22.2. The first-order valence-electron chi connectivity index (χ1n) is 5.89. The maximum atomic E-state index is 12.2. The van der Waals surface area contributed by atoms with Gasteiger partial charge >= 0.3 is 0 Å². The zero-order valence-corrected chi connectivity index (χ0v) is 11.3. The third-order valence-electron chi connectivity index (χ3n) is 3.37. The molecule has 18 heavy (non-hydrogen) atoms. The van der Waals surface area contributed by atoms with E-state index < -0.39 is 0 Å². The minimum Gasteiger partial charge on any atom is -0.497 e. The Balaban J connectivity index is 2.13. The lowest BCUT2D eigenvalue weighted by atomic mass is 9.80. The van der Waals surface area contributed by atoms with Crippen molar-refractivity contribution in [3.8, 4) is 5.75 Å². The Morgan fingerprint density at radius 3 is 2.67 bits per heavy atom. The maximum absolute atomic E-state index is 12.2. The van der Waals surface area contributed by atoms with Crippen LogP contribution in [0.5, 0.6) is 5.75 Å². The van der Waals surface area contributed by atoms with E-state index in [0.29, 0.717) is 16.5 Å². The molecule has 1 aliphatic rings. The molecule has 4 nitrogen and oxygen atoms in total. The highest BCUT2D eigenvalue weighted by molar-refractivity contribution is 6.34. The van der Waals surface area contributed by atoms with E-state index in [1.54, 1.807) is 37.3 Å². The van der Waals surface area contributed by atoms with Gasteiger partial charge in [0.05, 0.1) is 17.8 Å². The number of amides is 1. The number of hydrogen-bond donors (Lipinski definition) is 1. The molecule has 0 atom stereocenters. The molecule has 1 fully saturated rings. The topological polar surface area (TPSA) is 55.6 Å². The van der Waals surface area contributed by atoms with E-state index >= 15 is 0 Å². The van der Waals surface area contributed by atoms with E-state index in [1.165, 1.54) is 0 Å². The Bertz CT molecular complexity index is 458. The lowest BCUT2D eigenvalue weighted by Gasteiger charge is -2.34. The lowest BCUT2D eigenvalue weighted by molar-refractivity contribution is -0.124. The molecule has 0 unspecified atom stereocenters. The first-order valence-corrected chi connectivity index (χ1v) is 6.27. The fraction of sp³-hybridized carbons (Fsp3) is 0.462. The van der Waals surface area contributed by atoms with Crippen LogP contribution in [0.25, 0.3) is 0 Å². The molecular weight excluding hydrogens is 252 g/mol. The zero-order chi connectivity index (χ0) is 13.3. The molecule has 1 amide bonds. The number of benzene rings is 1. The maximum Gasteiger partial charge on any atom is 0.229 e. The molecule has 2 rings (SSSR count). The summed E-state index contributed by atoms with van der Waals surface area (Å²) in [5.41, 5.74) is 6.40. The van der Waals surface area contributed by atoms with E-state index in [4.69, 9.17) is 22.1 Å². The van der Waals surface area contributed by atoms with Crippen LogP contribution in [0.1, 0.15) is 12.8 Å². The molecule has 1 aromatic carbocycles. The van der Waals surface area contributed by atoms with E-state index in [-0.39, 0.29) is 17.9 Å². The van der Waals surface area contributed by atoms with Gasteiger partial charge in [0.1, 0.15) is 5.75 Å². The predicted molar refractivity (Wildman–Crippen MR) is 72.1 cm³/mol. The lowest BCUT2D eigenvalue weighted by Crippen LogP contribution is -2.45. The zero-order valence-electron chi connectivity index (χ0n) is 10.5. The minimum atomic E-state index is 0.0307. The van der Waals surface area contributed by atoms with Gasteiger partial charge in [0.2, 0.25) is 5.91 Å². The van der Waals surface area contributed by atoms with Crippen molar-refractivity contribution in [1.29, 1.82) is 0 Å². The van der Waals surface area contributed by atoms with Gasteiger partial charge in [-0.05, 0) is 25.0 Å². The molecule has 0 radical (unpaired) electrons. The van der Waals surface area contributed by atoms with Gasteiger partial charge in [-0.2, -0.15) is 0 Å². The summed E-state index contributed by atoms with van der Waals surface area (Å²) in [6.07, 6.45) is 1.52. The summed E-state index contributed by atoms with van der Waals surface area (Å²) in [6.45, 7) is 0. The number of halogens is 1. The van der Waals surface area contributed by atoms with E-state index in [9.17, 15) is 4.79 Å². The van der Waals surface area contributed by atoms with Crippen LogP contribution in [0.4, 0.5) is 5.69 Å². The fourth-order valence-electron chi connectivity index (χ4n) is 2.14. The van der Waals surface area contributed by atoms with Crippen molar-refractivity contribution >= 4 is 23.2 Å². The van der Waals surface area contributed by atoms with Crippen LogP contribution < -0.4 is 15.4 Å². The summed E-state index contributed by atoms with van der Waals surface area (Å²) in [6, 6.07) is 5.45. The Labute approximate surface area is 112 Å². The summed E-state index contributed by atoms with van der Waals surface area (Å²) in [5, 5.41) is 0.508. The molecule has 0 spiro atoms. The molecule has 0 heterocycles. The van der Waals surface area contributed by atoms with Crippen molar-refractivity contribution in [1.82, 2.24) is 0 Å². The summed E-state index contributed by atoms with van der Waals surface area (Å²) in [5.74, 6) is 0.780. The van der Waals surface area contributed by atoms with Crippen molar-refractivity contribution in [2.24, 2.45) is 11.7 Å². The van der Waals surface area contributed by atoms with Crippen molar-refractivity contribution < 1.29 is 9.53 Å². The Morgan fingerprint density at radius 1 is 1.50 bits per heavy atom. The van der Waals surface area contributed by atoms with Gasteiger partial charge in [-0.1, -0.05) is 11.6 Å². The molecule has 0 saturated heterocycles. The fourth-order valence-corrected chi connectivity index (χ4v) is 2.44. The Morgan fingerprint density at radius 2 is 2.17 bits per heavy atom. The highest BCUT2D eigenvalue weighted by Crippen LogP contribution is 2.33. The van der Waals surface area contributed by atoms with E-state index in [1.807, 2.05) is 0 Å². The Kier molecular flexibility index (Phi) is 3.78. The monoisotopic (exact) mass is 268 g/mol. The van der Waals surface area contributed by atoms with Gasteiger partial charge in [0.15, 0.2) is 0 Å². The Hall–Kier alpha value is -1.26. The van der Waals surface area contributed by atoms with Crippen LogP contribution in [0.2, 0.25) is 5.02 Å². The van der Waals surface area contributed by atoms with E-state index in [2.05, 4.69) is 0 Å². The minimum absolute atomic E-state index is 0.0307. The molecular formula is C13H17ClN2O2. The van der Waals surface area contributed by atoms with Gasteiger partial charge in [0.25, 0.3) is 0 Å². The van der Waals surface area contributed by atoms with Crippen molar-refractivity contribution in [2.75, 3.05) is 19.1 Å². The van der Waals surface area contributed by atoms with Crippen LogP contribution in [-0.2, 0) is 4.79 Å². The van der Waals surface area contributed by atoms with Crippen LogP contribution in [0.15, 0.2) is 18.2 Å². The van der Waals surface area contributed by atoms with Gasteiger partial charge in [-0.3, -0.25) is 4.79 Å². The molecule has 0 bridgehead atoms. The average Bonchev–Trinajstić information content (AvgIpc) is 2.33. The van der Waals surface area contributed by atoms with Gasteiger partial charge in [0, 0.05) is 25.1 Å². The summed E-state index contributed by atoms with van der Waals surface area (Å²) < 4.78 is 5.08. The second-order valence-electron chi connectivity index (χ2n) is 4.64. The highest BCUT2D eigenvalue weighted by atomic mass is 35.5. The quantitative estimate of drug-likeness (QED) is 0.913. The van der Waals surface area contributed by atoms with Crippen LogP contribution in [0.3, 0.4) is 0 Å². The molecule has 0 aromatic heterocycles. The van der Waals surface area contributed by atoms with Gasteiger partial charge in [-0.15, -0.1) is 0 Å². The second kappa shape index (κ2) is 5.16. The summed E-state index contributed by atoms with van der Waals surface area (Å²) in [7, 11) is 3.32. The number of carbonyl (C=O) groups is 1. The number of methoxy groups -OCH3 is 1. The number of hydrogen-bond acceptors (Lipinski definition) is 3. The standard InChI is InChI=1S/C13H17ClN2O2/c1-16(13(17)8-5-9(15)6-8)12-4-3-10(18-2)7-11(12)14/h3-4,7-9H,5-6,15H2,1-2H3. The predicted octanol–water partition coefficient (Wildman–Crippen LogP) is 2.05. The number of ether oxygens (including phenoxy) is 1.